The van der Waals surface area contributed by atoms with Crippen LogP contribution in [0.15, 0.2) is 47.5 Å². The number of likely N-dealkylation sites (tertiary alicyclic amines) is 1. The van der Waals surface area contributed by atoms with Crippen molar-refractivity contribution in [3.05, 3.63) is 65.2 Å². The van der Waals surface area contributed by atoms with Crippen LogP contribution in [0.2, 0.25) is 0 Å². The van der Waals surface area contributed by atoms with Gasteiger partial charge in [0.1, 0.15) is 5.92 Å². The van der Waals surface area contributed by atoms with Gasteiger partial charge in [-0.15, -0.1) is 0 Å². The number of piperidine rings is 1. The summed E-state index contributed by atoms with van der Waals surface area (Å²) >= 11 is 0. The molecule has 0 spiro atoms. The number of ether oxygens (including phenoxy) is 1. The molecule has 1 fully saturated rings. The van der Waals surface area contributed by atoms with Gasteiger partial charge in [-0.1, -0.05) is 39.0 Å². The molecular weight excluding hydrogens is 568 g/mol. The van der Waals surface area contributed by atoms with Crippen molar-refractivity contribution in [3.63, 3.8) is 0 Å². The molecule has 3 N–H and O–H groups in total. The zero-order valence-electron chi connectivity index (χ0n) is 25.9. The molecule has 2 aromatic rings. The first kappa shape index (κ1) is 33.2. The van der Waals surface area contributed by atoms with Gasteiger partial charge in [-0.05, 0) is 85.6 Å². The van der Waals surface area contributed by atoms with Gasteiger partial charge in [-0.25, -0.2) is 13.6 Å². The molecule has 44 heavy (non-hydrogen) atoms. The molecule has 2 aliphatic rings. The Morgan fingerprint density at radius 2 is 1.82 bits per heavy atom. The first-order chi connectivity index (χ1) is 20.9. The van der Waals surface area contributed by atoms with Crippen molar-refractivity contribution in [1.29, 1.82) is 0 Å². The summed E-state index contributed by atoms with van der Waals surface area (Å²) in [6.45, 7) is 9.16. The molecule has 9 nitrogen and oxygen atoms in total. The van der Waals surface area contributed by atoms with E-state index in [1.54, 1.807) is 0 Å². The van der Waals surface area contributed by atoms with Crippen LogP contribution in [-0.2, 0) is 14.3 Å². The average molecular weight is 612 g/mol. The van der Waals surface area contributed by atoms with Crippen LogP contribution in [0.3, 0.4) is 0 Å². The second-order valence-electron chi connectivity index (χ2n) is 12.8. The Hall–Kier alpha value is -3.70. The Bertz CT molecular complexity index is 1370. The van der Waals surface area contributed by atoms with Gasteiger partial charge in [-0.3, -0.25) is 9.59 Å². The minimum absolute atomic E-state index is 0.0203. The lowest BCUT2D eigenvalue weighted by atomic mass is 9.87. The highest BCUT2D eigenvalue weighted by Gasteiger charge is 2.39. The van der Waals surface area contributed by atoms with E-state index in [1.807, 2.05) is 32.9 Å². The molecule has 2 heterocycles. The minimum atomic E-state index is -1.06. The summed E-state index contributed by atoms with van der Waals surface area (Å²) in [7, 11) is 1.43. The maximum absolute atomic E-state index is 14.0. The lowest BCUT2D eigenvalue weighted by Crippen LogP contribution is -2.49. The van der Waals surface area contributed by atoms with Gasteiger partial charge in [0.25, 0.3) is 0 Å². The molecule has 1 saturated heterocycles. The average Bonchev–Trinajstić information content (AvgIpc) is 2.96. The fraction of sp³-hybridized carbons (Fsp3) is 0.515. The Morgan fingerprint density at radius 1 is 1.07 bits per heavy atom. The molecule has 0 saturated carbocycles. The first-order valence-electron chi connectivity index (χ1n) is 15.1. The number of rotatable bonds is 11. The van der Waals surface area contributed by atoms with Gasteiger partial charge < -0.3 is 25.6 Å². The molecule has 0 aromatic heterocycles. The van der Waals surface area contributed by atoms with Crippen molar-refractivity contribution in [1.82, 2.24) is 15.5 Å². The lowest BCUT2D eigenvalue weighted by molar-refractivity contribution is -0.124. The van der Waals surface area contributed by atoms with Crippen molar-refractivity contribution in [2.45, 2.75) is 58.4 Å². The molecular formula is C33H43F2N5O4. The Labute approximate surface area is 257 Å². The van der Waals surface area contributed by atoms with Gasteiger partial charge in [-0.2, -0.15) is 4.99 Å². The number of hydrogen-bond donors (Lipinski definition) is 3. The molecule has 0 bridgehead atoms. The quantitative estimate of drug-likeness (QED) is 0.303. The highest BCUT2D eigenvalue weighted by Crippen LogP contribution is 2.31. The van der Waals surface area contributed by atoms with E-state index in [0.29, 0.717) is 18.9 Å². The maximum Gasteiger partial charge on any atom is 0.341 e. The largest absolute Gasteiger partial charge is 0.379 e. The van der Waals surface area contributed by atoms with Crippen molar-refractivity contribution < 1.29 is 27.9 Å². The summed E-state index contributed by atoms with van der Waals surface area (Å²) in [5.74, 6) is -2.94. The van der Waals surface area contributed by atoms with Gasteiger partial charge in [0, 0.05) is 25.8 Å². The Kier molecular flexibility index (Phi) is 11.2. The standard InChI is InChI=1S/C33H43F2N5O4/c1-33(2,3)19-28(41)37-24-8-5-7-22(17-24)21-11-15-40(16-12-21)14-6-13-36-31(42)29-27(20-44-4)38-32(43)39-30(29)23-9-10-25(34)26(35)18-23/h5,7-10,17-18,21,29-30H,6,11-16,19-20H2,1-4H3,(H,36,42)(H,37,41)(H,39,43)/t29?,30-/m1/s1. The number of nitrogens with one attached hydrogen (secondary N) is 3. The number of urea groups is 1. The van der Waals surface area contributed by atoms with E-state index >= 15 is 0 Å². The van der Waals surface area contributed by atoms with Gasteiger partial charge in [0.2, 0.25) is 11.8 Å². The van der Waals surface area contributed by atoms with Gasteiger partial charge in [0.15, 0.2) is 11.6 Å². The SMILES string of the molecule is COCC1=NC(=O)N[C@H](c2ccc(F)c(F)c2)C1C(=O)NCCCN1CCC(c2cccc(NC(=O)CC(C)(C)C)c2)CC1. The van der Waals surface area contributed by atoms with E-state index in [9.17, 15) is 23.2 Å². The molecule has 0 radical (unpaired) electrons. The summed E-state index contributed by atoms with van der Waals surface area (Å²) in [4.78, 5) is 44.3. The zero-order valence-corrected chi connectivity index (χ0v) is 25.9. The number of aliphatic imine (C=N–C) groups is 1. The van der Waals surface area contributed by atoms with Gasteiger partial charge >= 0.3 is 6.03 Å². The monoisotopic (exact) mass is 611 g/mol. The number of methoxy groups -OCH3 is 1. The van der Waals surface area contributed by atoms with E-state index in [-0.39, 0.29) is 35.1 Å². The maximum atomic E-state index is 14.0. The van der Waals surface area contributed by atoms with Crippen molar-refractivity contribution in [3.8, 4) is 0 Å². The van der Waals surface area contributed by atoms with Crippen molar-refractivity contribution >= 4 is 29.2 Å². The van der Waals surface area contributed by atoms with Crippen LogP contribution >= 0.6 is 0 Å². The fourth-order valence-corrected chi connectivity index (χ4v) is 5.87. The minimum Gasteiger partial charge on any atom is -0.379 e. The number of amides is 4. The number of anilines is 1. The summed E-state index contributed by atoms with van der Waals surface area (Å²) in [6, 6.07) is 9.85. The normalized spacial score (nSPS) is 19.7. The predicted octanol–water partition coefficient (Wildman–Crippen LogP) is 5.19. The first-order valence-corrected chi connectivity index (χ1v) is 15.1. The van der Waals surface area contributed by atoms with E-state index in [1.165, 1.54) is 18.7 Å². The molecule has 0 aliphatic carbocycles. The van der Waals surface area contributed by atoms with Crippen LogP contribution < -0.4 is 16.0 Å². The number of halogens is 2. The second-order valence-corrected chi connectivity index (χ2v) is 12.8. The van der Waals surface area contributed by atoms with Crippen LogP contribution in [0.5, 0.6) is 0 Å². The highest BCUT2D eigenvalue weighted by molar-refractivity contribution is 6.11. The number of carbonyl (C=O) groups is 3. The van der Waals surface area contributed by atoms with Crippen LogP contribution in [0.25, 0.3) is 0 Å². The molecule has 2 atom stereocenters. The summed E-state index contributed by atoms with van der Waals surface area (Å²) in [5.41, 5.74) is 2.48. The highest BCUT2D eigenvalue weighted by atomic mass is 19.2. The van der Waals surface area contributed by atoms with Crippen molar-refractivity contribution in [2.24, 2.45) is 16.3 Å². The van der Waals surface area contributed by atoms with E-state index in [0.717, 1.165) is 56.7 Å². The molecule has 4 rings (SSSR count). The molecule has 2 aromatic carbocycles. The number of carbonyl (C=O) groups excluding carboxylic acids is 3. The van der Waals surface area contributed by atoms with Crippen LogP contribution in [0.1, 0.15) is 69.5 Å². The van der Waals surface area contributed by atoms with Crippen LogP contribution in [0, 0.1) is 23.0 Å². The Balaban J connectivity index is 1.27. The van der Waals surface area contributed by atoms with Crippen LogP contribution in [-0.4, -0.2) is 68.4 Å². The third-order valence-corrected chi connectivity index (χ3v) is 7.96. The molecule has 2 aliphatic heterocycles. The molecule has 11 heteroatoms. The number of nitrogens with zero attached hydrogens (tertiary/aromatic N) is 2. The topological polar surface area (TPSA) is 112 Å². The zero-order chi connectivity index (χ0) is 31.9. The Morgan fingerprint density at radius 3 is 2.50 bits per heavy atom. The smallest absolute Gasteiger partial charge is 0.341 e. The van der Waals surface area contributed by atoms with E-state index in [4.69, 9.17) is 4.74 Å². The molecule has 238 valence electrons. The van der Waals surface area contributed by atoms with E-state index in [2.05, 4.69) is 38.0 Å². The second kappa shape index (κ2) is 14.9. The molecule has 4 amide bonds. The molecule has 1 unspecified atom stereocenters. The predicted molar refractivity (Wildman–Crippen MR) is 166 cm³/mol. The van der Waals surface area contributed by atoms with Crippen molar-refractivity contribution in [2.75, 3.05) is 45.2 Å². The van der Waals surface area contributed by atoms with E-state index < -0.39 is 29.6 Å². The number of hydrogen-bond acceptors (Lipinski definition) is 5. The summed E-state index contributed by atoms with van der Waals surface area (Å²) in [6.07, 6.45) is 3.18. The lowest BCUT2D eigenvalue weighted by Gasteiger charge is -2.33. The third kappa shape index (κ3) is 9.15. The summed E-state index contributed by atoms with van der Waals surface area (Å²) < 4.78 is 32.7. The van der Waals surface area contributed by atoms with Gasteiger partial charge in [0.05, 0.1) is 18.4 Å². The van der Waals surface area contributed by atoms with Crippen LogP contribution in [0.4, 0.5) is 19.3 Å². The summed E-state index contributed by atoms with van der Waals surface area (Å²) in [5, 5.41) is 8.59. The fourth-order valence-electron chi connectivity index (χ4n) is 5.87. The third-order valence-electron chi connectivity index (χ3n) is 7.96. The number of benzene rings is 2.